The zero-order valence-corrected chi connectivity index (χ0v) is 9.58. The number of carbonyl (C=O) groups is 1. The molecule has 0 aromatic rings. The van der Waals surface area contributed by atoms with Gasteiger partial charge in [0.05, 0.1) is 0 Å². The monoisotopic (exact) mass is 256 g/mol. The fraction of sp³-hybridized carbons (Fsp3) is 0.857. The van der Waals surface area contributed by atoms with E-state index in [0.29, 0.717) is 19.4 Å². The number of carboxylic acid groups (broad SMARTS) is 1. The highest BCUT2D eigenvalue weighted by Gasteiger charge is 2.29. The molecule has 0 aromatic heterocycles. The molecule has 0 bridgehead atoms. The molecule has 0 radical (unpaired) electrons. The highest BCUT2D eigenvalue weighted by atomic mass is 31.2. The molecule has 8 nitrogen and oxygen atoms in total. The first-order chi connectivity index (χ1) is 7.28. The van der Waals surface area contributed by atoms with Crippen molar-refractivity contribution in [2.24, 2.45) is 5.73 Å². The van der Waals surface area contributed by atoms with Crippen LogP contribution >= 0.6 is 7.60 Å². The summed E-state index contributed by atoms with van der Waals surface area (Å²) in [5.74, 6) is -1.33. The molecule has 1 atom stereocenters. The van der Waals surface area contributed by atoms with E-state index in [9.17, 15) is 14.6 Å². The van der Waals surface area contributed by atoms with Gasteiger partial charge in [0.1, 0.15) is 12.3 Å². The molecule has 0 aliphatic heterocycles. The molecule has 16 heavy (non-hydrogen) atoms. The second-order valence-electron chi connectivity index (χ2n) is 3.38. The van der Waals surface area contributed by atoms with Crippen molar-refractivity contribution >= 4 is 13.6 Å². The summed E-state index contributed by atoms with van der Waals surface area (Å²) in [6.07, 6.45) is 0.148. The second kappa shape index (κ2) is 6.95. The minimum absolute atomic E-state index is 0.0863. The minimum Gasteiger partial charge on any atom is -0.480 e. The summed E-state index contributed by atoms with van der Waals surface area (Å²) >= 11 is 0. The molecule has 0 fully saturated rings. The summed E-state index contributed by atoms with van der Waals surface area (Å²) in [7, 11) is -4.47. The van der Waals surface area contributed by atoms with E-state index < -0.39 is 25.9 Å². The Bertz CT molecular complexity index is 268. The van der Waals surface area contributed by atoms with Crippen molar-refractivity contribution in [3.05, 3.63) is 0 Å². The number of aliphatic carboxylic acids is 1. The van der Waals surface area contributed by atoms with Gasteiger partial charge in [-0.3, -0.25) is 9.36 Å². The van der Waals surface area contributed by atoms with Crippen LogP contribution in [0.1, 0.15) is 19.3 Å². The van der Waals surface area contributed by atoms with Crippen LogP contribution in [0, 0.1) is 0 Å². The smallest absolute Gasteiger partial charge is 0.341 e. The molecular weight excluding hydrogens is 239 g/mol. The maximum absolute atomic E-state index is 10.7. The minimum atomic E-state index is -4.47. The summed E-state index contributed by atoms with van der Waals surface area (Å²) < 4.78 is 10.6. The number of unbranched alkanes of at least 4 members (excludes halogenated alkanes) is 1. The third-order valence-electron chi connectivity index (χ3n) is 1.91. The van der Waals surface area contributed by atoms with Crippen molar-refractivity contribution in [2.45, 2.75) is 25.3 Å². The van der Waals surface area contributed by atoms with Gasteiger partial charge in [-0.2, -0.15) is 5.06 Å². The van der Waals surface area contributed by atoms with Gasteiger partial charge in [-0.25, -0.2) is 0 Å². The number of nitrogens with two attached hydrogens (primary N) is 1. The van der Waals surface area contributed by atoms with Crippen molar-refractivity contribution in [1.29, 1.82) is 0 Å². The Labute approximate surface area is 92.8 Å². The van der Waals surface area contributed by atoms with Gasteiger partial charge in [-0.15, -0.1) is 0 Å². The molecule has 6 N–H and O–H groups in total. The van der Waals surface area contributed by atoms with Gasteiger partial charge in [0.15, 0.2) is 0 Å². The van der Waals surface area contributed by atoms with Crippen LogP contribution < -0.4 is 5.73 Å². The quantitative estimate of drug-likeness (QED) is 0.220. The average molecular weight is 256 g/mol. The van der Waals surface area contributed by atoms with E-state index in [0.717, 1.165) is 0 Å². The second-order valence-corrected chi connectivity index (χ2v) is 5.00. The molecule has 0 aliphatic rings. The summed E-state index contributed by atoms with van der Waals surface area (Å²) in [6, 6.07) is -1.32. The van der Waals surface area contributed by atoms with Crippen LogP contribution in [0.2, 0.25) is 0 Å². The largest absolute Gasteiger partial charge is 0.480 e. The normalized spacial score (nSPS) is 14.1. The molecule has 0 saturated heterocycles. The lowest BCUT2D eigenvalue weighted by Gasteiger charge is -2.22. The fourth-order valence-electron chi connectivity index (χ4n) is 1.17. The zero-order valence-electron chi connectivity index (χ0n) is 8.69. The van der Waals surface area contributed by atoms with Gasteiger partial charge in [0, 0.05) is 0 Å². The Kier molecular flexibility index (Phi) is 6.73. The van der Waals surface area contributed by atoms with Crippen LogP contribution in [0.4, 0.5) is 0 Å². The van der Waals surface area contributed by atoms with Crippen LogP contribution in [0.25, 0.3) is 0 Å². The molecule has 9 heteroatoms. The van der Waals surface area contributed by atoms with Crippen LogP contribution in [0.5, 0.6) is 0 Å². The lowest BCUT2D eigenvalue weighted by atomic mass is 10.1. The van der Waals surface area contributed by atoms with Crippen molar-refractivity contribution in [1.82, 2.24) is 5.06 Å². The first-order valence-electron chi connectivity index (χ1n) is 4.71. The first kappa shape index (κ1) is 15.5. The van der Waals surface area contributed by atoms with Crippen LogP contribution in [-0.4, -0.2) is 50.0 Å². The van der Waals surface area contributed by atoms with Crippen molar-refractivity contribution in [2.75, 3.05) is 12.8 Å². The van der Waals surface area contributed by atoms with Crippen LogP contribution in [-0.2, 0) is 9.36 Å². The predicted molar refractivity (Wildman–Crippen MR) is 54.9 cm³/mol. The van der Waals surface area contributed by atoms with E-state index >= 15 is 0 Å². The number of nitrogens with zero attached hydrogens (tertiary/aromatic N) is 1. The molecule has 0 aromatic carbocycles. The Hall–Kier alpha value is -0.500. The highest BCUT2D eigenvalue weighted by molar-refractivity contribution is 7.51. The molecular formula is C7H17N2O6P. The van der Waals surface area contributed by atoms with Gasteiger partial charge < -0.3 is 25.8 Å². The third-order valence-corrected chi connectivity index (χ3v) is 2.56. The maximum atomic E-state index is 10.7. The zero-order chi connectivity index (χ0) is 12.8. The van der Waals surface area contributed by atoms with Crippen molar-refractivity contribution < 1.29 is 29.5 Å². The molecule has 0 spiro atoms. The number of hydrogen-bond acceptors (Lipinski definition) is 5. The molecule has 0 unspecified atom stereocenters. The van der Waals surface area contributed by atoms with Gasteiger partial charge in [-0.1, -0.05) is 0 Å². The highest BCUT2D eigenvalue weighted by Crippen LogP contribution is 2.35. The Morgan fingerprint density at radius 3 is 2.31 bits per heavy atom. The molecule has 0 amide bonds. The molecule has 0 heterocycles. The van der Waals surface area contributed by atoms with E-state index in [1.165, 1.54) is 0 Å². The number of hydroxylamine groups is 2. The molecule has 0 rings (SSSR count). The topological polar surface area (TPSA) is 144 Å². The van der Waals surface area contributed by atoms with Gasteiger partial charge in [-0.05, 0) is 25.8 Å². The van der Waals surface area contributed by atoms with E-state index in [4.69, 9.17) is 20.6 Å². The van der Waals surface area contributed by atoms with Crippen molar-refractivity contribution in [3.63, 3.8) is 0 Å². The number of carboxylic acids is 1. The van der Waals surface area contributed by atoms with Crippen molar-refractivity contribution in [3.8, 4) is 0 Å². The van der Waals surface area contributed by atoms with Gasteiger partial charge >= 0.3 is 13.6 Å². The summed E-state index contributed by atoms with van der Waals surface area (Å²) in [5, 5.41) is 18.2. The lowest BCUT2D eigenvalue weighted by molar-refractivity contribution is -0.166. The van der Waals surface area contributed by atoms with Gasteiger partial charge in [0.25, 0.3) is 0 Å². The lowest BCUT2D eigenvalue weighted by Crippen LogP contribution is -2.39. The van der Waals surface area contributed by atoms with E-state index in [1.54, 1.807) is 0 Å². The Morgan fingerprint density at radius 2 is 1.94 bits per heavy atom. The molecule has 96 valence electrons. The van der Waals surface area contributed by atoms with Crippen LogP contribution in [0.3, 0.4) is 0 Å². The summed E-state index contributed by atoms with van der Waals surface area (Å²) in [6.45, 7) is 0.399. The molecule has 0 aliphatic carbocycles. The fourth-order valence-corrected chi connectivity index (χ4v) is 1.74. The van der Waals surface area contributed by atoms with E-state index in [1.807, 2.05) is 0 Å². The average Bonchev–Trinajstić information content (AvgIpc) is 2.08. The Morgan fingerprint density at radius 1 is 1.38 bits per heavy atom. The third kappa shape index (κ3) is 6.89. The van der Waals surface area contributed by atoms with E-state index in [2.05, 4.69) is 0 Å². The SMILES string of the molecule is NCCCC[C@@H](C(=O)O)N(O)CP(=O)(O)O. The number of rotatable bonds is 8. The Balaban J connectivity index is 4.30. The maximum Gasteiger partial charge on any atom is 0.341 e. The number of hydrogen-bond donors (Lipinski definition) is 5. The summed E-state index contributed by atoms with van der Waals surface area (Å²) in [4.78, 5) is 27.9. The first-order valence-corrected chi connectivity index (χ1v) is 6.50. The van der Waals surface area contributed by atoms with Gasteiger partial charge in [0.2, 0.25) is 0 Å². The predicted octanol–water partition coefficient (Wildman–Crippen LogP) is -0.605. The molecule has 0 saturated carbocycles. The standard InChI is InChI=1S/C7H17N2O6P/c8-4-2-1-3-6(7(10)11)9(12)5-16(13,14)15/h6,12H,1-5,8H2,(H,10,11)(H2,13,14,15)/t6-/m0/s1. The van der Waals surface area contributed by atoms with Crippen LogP contribution in [0.15, 0.2) is 0 Å². The van der Waals surface area contributed by atoms with E-state index in [-0.39, 0.29) is 11.5 Å². The summed E-state index contributed by atoms with van der Waals surface area (Å²) in [5.41, 5.74) is 5.22.